The first-order valence-electron chi connectivity index (χ1n) is 21.3. The molecule has 0 radical (unpaired) electrons. The zero-order valence-electron chi connectivity index (χ0n) is 34.2. The number of phenolic OH excluding ortho intramolecular Hbond substituents is 2. The monoisotopic (exact) mass is 834 g/mol. The van der Waals surface area contributed by atoms with Gasteiger partial charge >= 0.3 is 20.8 Å². The lowest BCUT2D eigenvalue weighted by molar-refractivity contribution is -0.128. The van der Waals surface area contributed by atoms with Crippen molar-refractivity contribution in [3.8, 4) is 11.5 Å². The topological polar surface area (TPSA) is 170 Å². The van der Waals surface area contributed by atoms with Crippen molar-refractivity contribution in [2.45, 2.75) is 124 Å². The third-order valence-electron chi connectivity index (χ3n) is 14.5. The number of aromatic hydroxyl groups is 2. The molecule has 4 aliphatic carbocycles. The van der Waals surface area contributed by atoms with Crippen molar-refractivity contribution in [2.75, 3.05) is 19.7 Å². The van der Waals surface area contributed by atoms with E-state index in [4.69, 9.17) is 16.9 Å². The number of hydrogen-bond donors (Lipinski definition) is 4. The van der Waals surface area contributed by atoms with Gasteiger partial charge in [-0.1, -0.05) is 64.8 Å². The summed E-state index contributed by atoms with van der Waals surface area (Å²) in [5.41, 5.74) is 7.20. The Morgan fingerprint density at radius 1 is 0.719 bits per heavy atom. The fraction of sp³-hybridized carbons (Fsp3) is 0.721. The van der Waals surface area contributed by atoms with E-state index in [1.165, 1.54) is 0 Å². The largest absolute Gasteiger partial charge is 0.508 e. The molecular weight excluding hydrogens is 769 g/mol. The van der Waals surface area contributed by atoms with E-state index in [1.807, 2.05) is 0 Å². The van der Waals surface area contributed by atoms with Crippen LogP contribution in [0.15, 0.2) is 48.5 Å². The van der Waals surface area contributed by atoms with Gasteiger partial charge in [-0.3, -0.25) is 0 Å². The van der Waals surface area contributed by atoms with Crippen LogP contribution in [-0.4, -0.2) is 52.8 Å². The van der Waals surface area contributed by atoms with Gasteiger partial charge in [-0.2, -0.15) is 36.4 Å². The Kier molecular flexibility index (Phi) is 14.7. The molecule has 57 heavy (non-hydrogen) atoms. The molecule has 4 saturated carbocycles. The Morgan fingerprint density at radius 3 is 1.91 bits per heavy atom. The molecule has 0 aromatic heterocycles. The normalized spacial score (nSPS) is 30.8. The Morgan fingerprint density at radius 2 is 1.30 bits per heavy atom. The second-order valence-corrected chi connectivity index (χ2v) is 20.7. The highest BCUT2D eigenvalue weighted by Gasteiger charge is 2.61. The van der Waals surface area contributed by atoms with E-state index >= 15 is 0 Å². The van der Waals surface area contributed by atoms with Crippen LogP contribution in [0.25, 0.3) is 0 Å². The predicted octanol–water partition coefficient (Wildman–Crippen LogP) is 7.92. The maximum absolute atomic E-state index is 12.9. The first-order valence-corrected chi connectivity index (χ1v) is 23.9. The highest BCUT2D eigenvalue weighted by Crippen LogP contribution is 2.68. The summed E-state index contributed by atoms with van der Waals surface area (Å²) in [4.78, 5) is 0. The first-order chi connectivity index (χ1) is 27.1. The number of benzene rings is 2. The van der Waals surface area contributed by atoms with Crippen molar-refractivity contribution in [1.29, 1.82) is 0 Å². The SMILES string of the molecule is CC(C)CCC[C@@H](COS(=O)(=O)ONCCc1ccc(O)cc1)[C@H]1CC[C@H]2[C@@H]3CC[C@H]4C[C@H](OS(=O)(=O)ONCCc5ccc(O)cc5)CC[C@]4(C)[C@H]3CC[C@]12C. The second kappa shape index (κ2) is 19.0. The van der Waals surface area contributed by atoms with Gasteiger partial charge < -0.3 is 10.2 Å². The van der Waals surface area contributed by atoms with Crippen LogP contribution in [0, 0.1) is 52.3 Å². The second-order valence-electron chi connectivity index (χ2n) is 18.4. The van der Waals surface area contributed by atoms with Gasteiger partial charge in [0.1, 0.15) is 11.5 Å². The van der Waals surface area contributed by atoms with Gasteiger partial charge in [-0.15, -0.1) is 0 Å². The fourth-order valence-corrected chi connectivity index (χ4v) is 13.0. The molecule has 4 N–H and O–H groups in total. The summed E-state index contributed by atoms with van der Waals surface area (Å²) in [7, 11) is -8.47. The lowest BCUT2D eigenvalue weighted by Crippen LogP contribution is -2.54. The summed E-state index contributed by atoms with van der Waals surface area (Å²) >= 11 is 0. The van der Waals surface area contributed by atoms with E-state index in [-0.39, 0.29) is 47.9 Å². The van der Waals surface area contributed by atoms with Gasteiger partial charge in [0, 0.05) is 13.1 Å². The lowest BCUT2D eigenvalue weighted by Gasteiger charge is -2.61. The van der Waals surface area contributed by atoms with E-state index in [9.17, 15) is 27.0 Å². The Hall–Kier alpha value is -2.30. The number of fused-ring (bicyclic) bond motifs is 5. The van der Waals surface area contributed by atoms with Gasteiger partial charge in [-0.25, -0.2) is 8.37 Å². The van der Waals surface area contributed by atoms with Crippen LogP contribution in [0.3, 0.4) is 0 Å². The summed E-state index contributed by atoms with van der Waals surface area (Å²) in [6.07, 6.45) is 12.6. The predicted molar refractivity (Wildman–Crippen MR) is 218 cm³/mol. The minimum Gasteiger partial charge on any atom is -0.508 e. The van der Waals surface area contributed by atoms with E-state index in [0.717, 1.165) is 75.3 Å². The smallest absolute Gasteiger partial charge is 0.416 e. The molecule has 0 spiro atoms. The molecular formula is C43H66N2O10S2. The summed E-state index contributed by atoms with van der Waals surface area (Å²) in [5, 5.41) is 19.0. The van der Waals surface area contributed by atoms with Crippen molar-refractivity contribution in [3.05, 3.63) is 59.7 Å². The van der Waals surface area contributed by atoms with Crippen molar-refractivity contribution >= 4 is 20.8 Å². The molecule has 0 aliphatic heterocycles. The van der Waals surface area contributed by atoms with Gasteiger partial charge in [0.15, 0.2) is 0 Å². The van der Waals surface area contributed by atoms with Crippen molar-refractivity contribution in [1.82, 2.24) is 11.0 Å². The van der Waals surface area contributed by atoms with Crippen LogP contribution < -0.4 is 11.0 Å². The van der Waals surface area contributed by atoms with E-state index in [0.29, 0.717) is 61.2 Å². The van der Waals surface area contributed by atoms with Crippen LogP contribution in [0.4, 0.5) is 0 Å². The van der Waals surface area contributed by atoms with E-state index in [1.54, 1.807) is 48.5 Å². The fourth-order valence-electron chi connectivity index (χ4n) is 11.6. The first kappa shape index (κ1) is 44.3. The standard InChI is InChI=1S/C43H66N2O10S2/c1-30(2)6-5-7-33(29-52-56(48,49)54-44-26-22-31-8-13-35(46)14-9-31)39-18-19-40-38-17-12-34-28-37(20-24-42(34,3)41(38)21-25-43(39,40)4)53-57(50,51)55-45-27-23-32-10-15-36(47)16-11-32/h8-11,13-16,30,33-34,37-41,44-47H,5-7,12,17-29H2,1-4H3/t33-,34-,37+,38-,39+,40-,41-,42-,43+/m0/s1. The summed E-state index contributed by atoms with van der Waals surface area (Å²) < 4.78 is 72.7. The van der Waals surface area contributed by atoms with Crippen molar-refractivity contribution in [3.63, 3.8) is 0 Å². The van der Waals surface area contributed by atoms with Crippen LogP contribution in [0.1, 0.15) is 116 Å². The highest BCUT2D eigenvalue weighted by atomic mass is 32.3. The van der Waals surface area contributed by atoms with Gasteiger partial charge in [0.25, 0.3) is 0 Å². The maximum atomic E-state index is 12.9. The van der Waals surface area contributed by atoms with Crippen LogP contribution in [0.2, 0.25) is 0 Å². The molecule has 0 amide bonds. The molecule has 14 heteroatoms. The van der Waals surface area contributed by atoms with Crippen molar-refractivity contribution in [2.24, 2.45) is 52.3 Å². The minimum atomic E-state index is -4.25. The Labute approximate surface area is 341 Å². The average molecular weight is 835 g/mol. The summed E-state index contributed by atoms with van der Waals surface area (Å²) in [5.74, 6) is 3.52. The summed E-state index contributed by atoms with van der Waals surface area (Å²) in [6.45, 7) is 10.0. The third-order valence-corrected chi connectivity index (χ3v) is 16.1. The molecule has 0 bridgehead atoms. The zero-order valence-corrected chi connectivity index (χ0v) is 35.9. The molecule has 4 aliphatic rings. The molecule has 6 rings (SSSR count). The molecule has 12 nitrogen and oxygen atoms in total. The Bertz CT molecular complexity index is 1810. The molecule has 2 aromatic rings. The van der Waals surface area contributed by atoms with E-state index in [2.05, 4.69) is 38.7 Å². The number of hydrogen-bond acceptors (Lipinski definition) is 12. The van der Waals surface area contributed by atoms with E-state index < -0.39 is 26.9 Å². The van der Waals surface area contributed by atoms with Crippen LogP contribution in [0.5, 0.6) is 11.5 Å². The summed E-state index contributed by atoms with van der Waals surface area (Å²) in [6, 6.07) is 13.5. The van der Waals surface area contributed by atoms with Gasteiger partial charge in [0.2, 0.25) is 0 Å². The van der Waals surface area contributed by atoms with Crippen LogP contribution >= 0.6 is 0 Å². The van der Waals surface area contributed by atoms with Crippen LogP contribution in [-0.2, 0) is 50.6 Å². The molecule has 9 atom stereocenters. The average Bonchev–Trinajstić information content (AvgIpc) is 3.51. The number of hydroxylamine groups is 2. The lowest BCUT2D eigenvalue weighted by atomic mass is 9.44. The van der Waals surface area contributed by atoms with Gasteiger partial charge in [0.05, 0.1) is 12.7 Å². The molecule has 0 unspecified atom stereocenters. The highest BCUT2D eigenvalue weighted by molar-refractivity contribution is 7.82. The van der Waals surface area contributed by atoms with Gasteiger partial charge in [-0.05, 0) is 165 Å². The third kappa shape index (κ3) is 11.3. The quantitative estimate of drug-likeness (QED) is 0.0752. The molecule has 4 fully saturated rings. The zero-order chi connectivity index (χ0) is 40.8. The molecule has 2 aromatic carbocycles. The number of nitrogens with one attached hydrogen (secondary N) is 2. The Balaban J connectivity index is 1.02. The molecule has 0 saturated heterocycles. The maximum Gasteiger partial charge on any atom is 0.416 e. The number of rotatable bonds is 20. The minimum absolute atomic E-state index is 0.101. The van der Waals surface area contributed by atoms with Crippen molar-refractivity contribution < 1.29 is 44.0 Å². The molecule has 320 valence electrons. The molecule has 0 heterocycles. The number of phenols is 2.